The number of benzene rings is 1. The van der Waals surface area contributed by atoms with Crippen molar-refractivity contribution in [2.75, 3.05) is 0 Å². The highest BCUT2D eigenvalue weighted by molar-refractivity contribution is 7.80. The molecule has 0 spiro atoms. The molecule has 2 aromatic rings. The van der Waals surface area contributed by atoms with Gasteiger partial charge in [-0.3, -0.25) is 4.79 Å². The van der Waals surface area contributed by atoms with Crippen LogP contribution < -0.4 is 16.0 Å². The Hall–Kier alpha value is -2.14. The van der Waals surface area contributed by atoms with Gasteiger partial charge in [0.25, 0.3) is 5.56 Å². The van der Waals surface area contributed by atoms with Gasteiger partial charge in [-0.15, -0.1) is 0 Å². The van der Waals surface area contributed by atoms with Gasteiger partial charge in [0.1, 0.15) is 6.61 Å². The van der Waals surface area contributed by atoms with Crippen molar-refractivity contribution in [3.63, 3.8) is 0 Å². The first-order chi connectivity index (χ1) is 10.5. The van der Waals surface area contributed by atoms with E-state index >= 15 is 0 Å². The van der Waals surface area contributed by atoms with Gasteiger partial charge in [0.2, 0.25) is 0 Å². The highest BCUT2D eigenvalue weighted by atomic mass is 32.1. The second kappa shape index (κ2) is 7.22. The summed E-state index contributed by atoms with van der Waals surface area (Å²) >= 11 is 4.95. The molecule has 1 heterocycles. The molecule has 0 radical (unpaired) electrons. The number of aryl methyl sites for hydroxylation is 1. The van der Waals surface area contributed by atoms with Crippen LogP contribution in [0, 0.1) is 12.8 Å². The molecule has 1 aromatic heterocycles. The first-order valence-electron chi connectivity index (χ1n) is 7.15. The molecule has 0 amide bonds. The van der Waals surface area contributed by atoms with E-state index in [1.807, 2.05) is 38.1 Å². The zero-order chi connectivity index (χ0) is 16.1. The maximum absolute atomic E-state index is 12.4. The summed E-state index contributed by atoms with van der Waals surface area (Å²) in [7, 11) is 0. The lowest BCUT2D eigenvalue weighted by molar-refractivity contribution is 0.297. The molecule has 0 saturated carbocycles. The third kappa shape index (κ3) is 3.95. The first kappa shape index (κ1) is 16.2. The number of rotatable bonds is 6. The van der Waals surface area contributed by atoms with Gasteiger partial charge in [-0.2, -0.15) is 0 Å². The van der Waals surface area contributed by atoms with Crippen LogP contribution in [0.25, 0.3) is 0 Å². The van der Waals surface area contributed by atoms with E-state index in [-0.39, 0.29) is 11.5 Å². The van der Waals surface area contributed by atoms with Crippen LogP contribution in [0.3, 0.4) is 0 Å². The van der Waals surface area contributed by atoms with E-state index in [9.17, 15) is 4.79 Å². The summed E-state index contributed by atoms with van der Waals surface area (Å²) in [6, 6.07) is 11.4. The van der Waals surface area contributed by atoms with Gasteiger partial charge in [0.15, 0.2) is 5.75 Å². The molecule has 2 rings (SSSR count). The minimum absolute atomic E-state index is 0.0423. The van der Waals surface area contributed by atoms with Crippen molar-refractivity contribution in [2.45, 2.75) is 27.0 Å². The molecule has 1 atom stereocenters. The highest BCUT2D eigenvalue weighted by Crippen LogP contribution is 2.11. The van der Waals surface area contributed by atoms with Gasteiger partial charge in [-0.1, -0.05) is 43.4 Å². The zero-order valence-electron chi connectivity index (χ0n) is 12.8. The monoisotopic (exact) mass is 316 g/mol. The Kier molecular flexibility index (Phi) is 5.33. The van der Waals surface area contributed by atoms with Crippen LogP contribution in [0.15, 0.2) is 47.4 Å². The van der Waals surface area contributed by atoms with E-state index < -0.39 is 0 Å². The average Bonchev–Trinajstić information content (AvgIpc) is 2.49. The van der Waals surface area contributed by atoms with Crippen LogP contribution in [-0.4, -0.2) is 9.56 Å². The highest BCUT2D eigenvalue weighted by Gasteiger charge is 2.10. The van der Waals surface area contributed by atoms with Crippen molar-refractivity contribution in [3.05, 3.63) is 64.1 Å². The zero-order valence-corrected chi connectivity index (χ0v) is 13.6. The number of hydrogen-bond donors (Lipinski definition) is 1. The van der Waals surface area contributed by atoms with E-state index in [1.54, 1.807) is 22.9 Å². The van der Waals surface area contributed by atoms with Crippen LogP contribution in [-0.2, 0) is 13.2 Å². The molecule has 2 N–H and O–H groups in total. The first-order valence-corrected chi connectivity index (χ1v) is 7.56. The van der Waals surface area contributed by atoms with Crippen LogP contribution >= 0.6 is 12.2 Å². The van der Waals surface area contributed by atoms with Gasteiger partial charge in [-0.25, -0.2) is 0 Å². The lowest BCUT2D eigenvalue weighted by Gasteiger charge is -2.13. The summed E-state index contributed by atoms with van der Waals surface area (Å²) < 4.78 is 7.27. The van der Waals surface area contributed by atoms with E-state index in [0.717, 1.165) is 11.1 Å². The summed E-state index contributed by atoms with van der Waals surface area (Å²) in [5.41, 5.74) is 7.64. The summed E-state index contributed by atoms with van der Waals surface area (Å²) in [4.78, 5) is 12.8. The lowest BCUT2D eigenvalue weighted by Crippen LogP contribution is -2.29. The predicted octanol–water partition coefficient (Wildman–Crippen LogP) is 2.66. The van der Waals surface area contributed by atoms with Gasteiger partial charge in [-0.05, 0) is 30.2 Å². The number of pyridine rings is 1. The van der Waals surface area contributed by atoms with E-state index in [1.165, 1.54) is 0 Å². The van der Waals surface area contributed by atoms with Gasteiger partial charge < -0.3 is 15.0 Å². The van der Waals surface area contributed by atoms with Gasteiger partial charge in [0, 0.05) is 18.7 Å². The molecule has 0 aliphatic rings. The molecule has 0 fully saturated rings. The Morgan fingerprint density at radius 3 is 2.73 bits per heavy atom. The number of hydrogen-bond acceptors (Lipinski definition) is 3. The third-order valence-electron chi connectivity index (χ3n) is 3.59. The summed E-state index contributed by atoms with van der Waals surface area (Å²) in [5, 5.41) is 0. The Bertz CT molecular complexity index is 725. The summed E-state index contributed by atoms with van der Waals surface area (Å²) in [6.07, 6.45) is 1.72. The molecule has 0 aliphatic carbocycles. The standard InChI is InChI=1S/C17H20N2O2S/c1-12-6-3-4-7-14(12)11-21-15-8-5-9-19(17(15)20)10-13(2)16(18)22/h3-9,13H,10-11H2,1-2H3,(H2,18,22). The average molecular weight is 316 g/mol. The number of nitrogens with zero attached hydrogens (tertiary/aromatic N) is 1. The quantitative estimate of drug-likeness (QED) is 0.833. The van der Waals surface area contributed by atoms with Gasteiger partial charge in [0.05, 0.1) is 4.99 Å². The maximum atomic E-state index is 12.4. The van der Waals surface area contributed by atoms with Crippen molar-refractivity contribution >= 4 is 17.2 Å². The fraction of sp³-hybridized carbons (Fsp3) is 0.294. The molecule has 1 aromatic carbocycles. The fourth-order valence-electron chi connectivity index (χ4n) is 2.08. The minimum atomic E-state index is -0.167. The molecule has 5 heteroatoms. The molecule has 0 bridgehead atoms. The molecule has 4 nitrogen and oxygen atoms in total. The molecule has 0 saturated heterocycles. The van der Waals surface area contributed by atoms with Crippen LogP contribution in [0.2, 0.25) is 0 Å². The normalized spacial score (nSPS) is 11.9. The predicted molar refractivity (Wildman–Crippen MR) is 92.2 cm³/mol. The van der Waals surface area contributed by atoms with E-state index in [0.29, 0.717) is 23.9 Å². The Labute approximate surface area is 135 Å². The smallest absolute Gasteiger partial charge is 0.292 e. The van der Waals surface area contributed by atoms with Crippen molar-refractivity contribution in [1.29, 1.82) is 0 Å². The van der Waals surface area contributed by atoms with Crippen molar-refractivity contribution in [1.82, 2.24) is 4.57 Å². The third-order valence-corrected chi connectivity index (χ3v) is 3.99. The minimum Gasteiger partial charge on any atom is -0.483 e. The SMILES string of the molecule is Cc1ccccc1COc1cccn(CC(C)C(N)=S)c1=O. The van der Waals surface area contributed by atoms with Crippen LogP contribution in [0.5, 0.6) is 5.75 Å². The lowest BCUT2D eigenvalue weighted by atomic mass is 10.1. The van der Waals surface area contributed by atoms with Crippen molar-refractivity contribution in [3.8, 4) is 5.75 Å². The summed E-state index contributed by atoms with van der Waals surface area (Å²) in [6.45, 7) is 4.74. The second-order valence-electron chi connectivity index (χ2n) is 5.35. The number of aromatic nitrogens is 1. The van der Waals surface area contributed by atoms with E-state index in [4.69, 9.17) is 22.7 Å². The maximum Gasteiger partial charge on any atom is 0.292 e. The largest absolute Gasteiger partial charge is 0.483 e. The van der Waals surface area contributed by atoms with Crippen LogP contribution in [0.4, 0.5) is 0 Å². The second-order valence-corrected chi connectivity index (χ2v) is 5.82. The van der Waals surface area contributed by atoms with E-state index in [2.05, 4.69) is 0 Å². The molecular formula is C17H20N2O2S. The molecule has 22 heavy (non-hydrogen) atoms. The molecule has 116 valence electrons. The van der Waals surface area contributed by atoms with Crippen molar-refractivity contribution in [2.24, 2.45) is 11.7 Å². The number of nitrogens with two attached hydrogens (primary N) is 1. The van der Waals surface area contributed by atoms with Crippen LogP contribution in [0.1, 0.15) is 18.1 Å². The summed E-state index contributed by atoms with van der Waals surface area (Å²) in [5.74, 6) is 0.292. The Morgan fingerprint density at radius 1 is 1.32 bits per heavy atom. The number of thiocarbonyl (C=S) groups is 1. The topological polar surface area (TPSA) is 57.2 Å². The Balaban J connectivity index is 2.14. The fourth-order valence-corrected chi connectivity index (χ4v) is 2.16. The number of ether oxygens (including phenoxy) is 1. The molecule has 1 unspecified atom stereocenters. The van der Waals surface area contributed by atoms with Gasteiger partial charge >= 0.3 is 0 Å². The molecule has 0 aliphatic heterocycles. The Morgan fingerprint density at radius 2 is 2.05 bits per heavy atom. The van der Waals surface area contributed by atoms with Crippen molar-refractivity contribution < 1.29 is 4.74 Å². The molecular weight excluding hydrogens is 296 g/mol.